The maximum atomic E-state index is 13.5. The average Bonchev–Trinajstić information content (AvgIpc) is 2.86. The monoisotopic (exact) mass is 254 g/mol. The van der Waals surface area contributed by atoms with E-state index in [2.05, 4.69) is 9.97 Å². The minimum Gasteiger partial charge on any atom is -0.346 e. The molecule has 0 atom stereocenters. The topological polar surface area (TPSA) is 45.8 Å². The number of carbonyl (C=O) groups is 1. The van der Waals surface area contributed by atoms with Crippen LogP contribution in [0.15, 0.2) is 42.7 Å². The number of aromatic nitrogens is 2. The van der Waals surface area contributed by atoms with Gasteiger partial charge in [-0.3, -0.25) is 4.79 Å². The van der Waals surface area contributed by atoms with Crippen LogP contribution in [0.5, 0.6) is 0 Å². The van der Waals surface area contributed by atoms with Crippen LogP contribution in [0.4, 0.5) is 4.39 Å². The van der Waals surface area contributed by atoms with Crippen LogP contribution < -0.4 is 0 Å². The Morgan fingerprint density at radius 1 is 1.21 bits per heavy atom. The second kappa shape index (κ2) is 4.31. The molecule has 0 radical (unpaired) electrons. The van der Waals surface area contributed by atoms with Gasteiger partial charge in [-0.1, -0.05) is 0 Å². The summed E-state index contributed by atoms with van der Waals surface area (Å²) in [5.74, 6) is -0.448. The van der Waals surface area contributed by atoms with Crippen LogP contribution >= 0.6 is 0 Å². The smallest absolute Gasteiger partial charge is 0.160 e. The fraction of sp³-hybridized carbons (Fsp3) is 0.0667. The van der Waals surface area contributed by atoms with Crippen molar-refractivity contribution in [1.82, 2.24) is 9.97 Å². The molecule has 0 aliphatic heterocycles. The van der Waals surface area contributed by atoms with Crippen LogP contribution in [0.25, 0.3) is 22.2 Å². The van der Waals surface area contributed by atoms with Gasteiger partial charge in [-0.15, -0.1) is 0 Å². The third kappa shape index (κ3) is 1.91. The summed E-state index contributed by atoms with van der Waals surface area (Å²) in [6, 6.07) is 7.87. The lowest BCUT2D eigenvalue weighted by Crippen LogP contribution is -1.97. The predicted octanol–water partition coefficient (Wildman–Crippen LogP) is 3.57. The number of carbonyl (C=O) groups excluding carboxylic acids is 1. The van der Waals surface area contributed by atoms with Gasteiger partial charge in [0.1, 0.15) is 11.5 Å². The Hall–Kier alpha value is -2.49. The third-order valence-corrected chi connectivity index (χ3v) is 3.11. The molecule has 1 N–H and O–H groups in total. The number of nitrogens with zero attached hydrogens (tertiary/aromatic N) is 1. The summed E-state index contributed by atoms with van der Waals surface area (Å²) < 4.78 is 13.5. The zero-order valence-corrected chi connectivity index (χ0v) is 10.3. The molecule has 4 heteroatoms. The number of benzene rings is 1. The van der Waals surface area contributed by atoms with E-state index in [4.69, 9.17) is 0 Å². The highest BCUT2D eigenvalue weighted by molar-refractivity contribution is 6.04. The summed E-state index contributed by atoms with van der Waals surface area (Å²) in [6.45, 7) is 1.48. The van der Waals surface area contributed by atoms with E-state index in [0.717, 1.165) is 16.6 Å². The van der Waals surface area contributed by atoms with Crippen molar-refractivity contribution < 1.29 is 9.18 Å². The predicted molar refractivity (Wildman–Crippen MR) is 71.5 cm³/mol. The lowest BCUT2D eigenvalue weighted by atomic mass is 9.96. The molecule has 19 heavy (non-hydrogen) atoms. The molecule has 0 spiro atoms. The molecule has 0 unspecified atom stereocenters. The number of hydrogen-bond donors (Lipinski definition) is 1. The SMILES string of the molecule is CC(=O)c1ccc(F)cc1-c1ccnc2[nH]ccc12. The number of aromatic amines is 1. The number of pyridine rings is 1. The molecule has 3 aromatic rings. The van der Waals surface area contributed by atoms with Gasteiger partial charge in [0.2, 0.25) is 0 Å². The van der Waals surface area contributed by atoms with Gasteiger partial charge in [-0.05, 0) is 48.4 Å². The molecule has 0 fully saturated rings. The lowest BCUT2D eigenvalue weighted by molar-refractivity contribution is 0.101. The molecule has 3 nitrogen and oxygen atoms in total. The minimum absolute atomic E-state index is 0.0875. The highest BCUT2D eigenvalue weighted by Gasteiger charge is 2.13. The Kier molecular flexibility index (Phi) is 2.63. The van der Waals surface area contributed by atoms with Gasteiger partial charge in [-0.25, -0.2) is 9.37 Å². The molecule has 0 amide bonds. The number of nitrogens with one attached hydrogen (secondary N) is 1. The van der Waals surface area contributed by atoms with E-state index >= 15 is 0 Å². The largest absolute Gasteiger partial charge is 0.346 e. The first-order chi connectivity index (χ1) is 9.16. The first-order valence-electron chi connectivity index (χ1n) is 5.90. The fourth-order valence-electron chi connectivity index (χ4n) is 2.24. The molecule has 3 rings (SSSR count). The number of ketones is 1. The van der Waals surface area contributed by atoms with Gasteiger partial charge in [0.05, 0.1) is 0 Å². The summed E-state index contributed by atoms with van der Waals surface area (Å²) in [6.07, 6.45) is 3.41. The Labute approximate surface area is 109 Å². The Bertz CT molecular complexity index is 777. The van der Waals surface area contributed by atoms with E-state index in [0.29, 0.717) is 11.1 Å². The van der Waals surface area contributed by atoms with E-state index in [1.54, 1.807) is 18.5 Å². The van der Waals surface area contributed by atoms with Crippen molar-refractivity contribution in [3.63, 3.8) is 0 Å². The normalized spacial score (nSPS) is 10.8. The molecule has 2 heterocycles. The van der Waals surface area contributed by atoms with Gasteiger partial charge < -0.3 is 4.98 Å². The number of H-pyrrole nitrogens is 1. The number of fused-ring (bicyclic) bond motifs is 1. The van der Waals surface area contributed by atoms with Crippen LogP contribution in [0.1, 0.15) is 17.3 Å². The third-order valence-electron chi connectivity index (χ3n) is 3.11. The first-order valence-corrected chi connectivity index (χ1v) is 5.90. The minimum atomic E-state index is -0.361. The first kappa shape index (κ1) is 11.6. The highest BCUT2D eigenvalue weighted by atomic mass is 19.1. The van der Waals surface area contributed by atoms with E-state index in [1.807, 2.05) is 6.07 Å². The lowest BCUT2D eigenvalue weighted by Gasteiger charge is -2.08. The van der Waals surface area contributed by atoms with Crippen molar-refractivity contribution in [2.75, 3.05) is 0 Å². The molecule has 2 aromatic heterocycles. The van der Waals surface area contributed by atoms with E-state index in [-0.39, 0.29) is 11.6 Å². The van der Waals surface area contributed by atoms with Gasteiger partial charge >= 0.3 is 0 Å². The van der Waals surface area contributed by atoms with Gasteiger partial charge in [-0.2, -0.15) is 0 Å². The van der Waals surface area contributed by atoms with E-state index in [9.17, 15) is 9.18 Å². The summed E-state index contributed by atoms with van der Waals surface area (Å²) >= 11 is 0. The summed E-state index contributed by atoms with van der Waals surface area (Å²) in [5, 5.41) is 0.871. The zero-order valence-electron chi connectivity index (χ0n) is 10.3. The van der Waals surface area contributed by atoms with Crippen molar-refractivity contribution in [2.24, 2.45) is 0 Å². The van der Waals surface area contributed by atoms with Crippen molar-refractivity contribution >= 4 is 16.8 Å². The molecular weight excluding hydrogens is 243 g/mol. The molecule has 0 aliphatic rings. The quantitative estimate of drug-likeness (QED) is 0.710. The number of rotatable bonds is 2. The van der Waals surface area contributed by atoms with Gasteiger partial charge in [0.15, 0.2) is 5.78 Å². The molecular formula is C15H11FN2O. The number of halogens is 1. The highest BCUT2D eigenvalue weighted by Crippen LogP contribution is 2.30. The summed E-state index contributed by atoms with van der Waals surface area (Å²) in [5.41, 5.74) is 2.63. The van der Waals surface area contributed by atoms with E-state index < -0.39 is 0 Å². The van der Waals surface area contributed by atoms with Crippen LogP contribution in [0.2, 0.25) is 0 Å². The fourth-order valence-corrected chi connectivity index (χ4v) is 2.24. The van der Waals surface area contributed by atoms with Crippen LogP contribution in [-0.4, -0.2) is 15.8 Å². The Morgan fingerprint density at radius 3 is 2.84 bits per heavy atom. The standard InChI is InChI=1S/C15H11FN2O/c1-9(19)11-3-2-10(16)8-14(11)12-4-6-17-15-13(12)5-7-18-15/h2-8H,1H3,(H,17,18). The number of Topliss-reactive ketones (excluding diaryl/α,β-unsaturated/α-hetero) is 1. The maximum absolute atomic E-state index is 13.5. The van der Waals surface area contributed by atoms with Crippen molar-refractivity contribution in [3.8, 4) is 11.1 Å². The van der Waals surface area contributed by atoms with E-state index in [1.165, 1.54) is 25.1 Å². The second-order valence-electron chi connectivity index (χ2n) is 4.34. The second-order valence-corrected chi connectivity index (χ2v) is 4.34. The van der Waals surface area contributed by atoms with Crippen molar-refractivity contribution in [3.05, 3.63) is 54.1 Å². The molecule has 0 saturated heterocycles. The summed E-state index contributed by atoms with van der Waals surface area (Å²) in [7, 11) is 0. The molecule has 0 aliphatic carbocycles. The van der Waals surface area contributed by atoms with Crippen molar-refractivity contribution in [1.29, 1.82) is 0 Å². The van der Waals surface area contributed by atoms with Gasteiger partial charge in [0, 0.05) is 23.3 Å². The average molecular weight is 254 g/mol. The maximum Gasteiger partial charge on any atom is 0.160 e. The van der Waals surface area contributed by atoms with Crippen LogP contribution in [0.3, 0.4) is 0 Å². The molecule has 0 bridgehead atoms. The van der Waals surface area contributed by atoms with Gasteiger partial charge in [0.25, 0.3) is 0 Å². The molecule has 94 valence electrons. The van der Waals surface area contributed by atoms with Crippen molar-refractivity contribution in [2.45, 2.75) is 6.92 Å². The summed E-state index contributed by atoms with van der Waals surface area (Å²) in [4.78, 5) is 18.9. The number of hydrogen-bond acceptors (Lipinski definition) is 2. The zero-order chi connectivity index (χ0) is 13.4. The Balaban J connectivity index is 2.35. The molecule has 0 saturated carbocycles. The molecule has 1 aromatic carbocycles. The van der Waals surface area contributed by atoms with Crippen LogP contribution in [0, 0.1) is 5.82 Å². The van der Waals surface area contributed by atoms with Crippen LogP contribution in [-0.2, 0) is 0 Å². The Morgan fingerprint density at radius 2 is 2.05 bits per heavy atom.